The second-order valence-corrected chi connectivity index (χ2v) is 6.64. The van der Waals surface area contributed by atoms with E-state index < -0.39 is 19.1 Å². The molecular weight excluding hydrogens is 396 g/mol. The van der Waals surface area contributed by atoms with Gasteiger partial charge < -0.3 is 34.7 Å². The number of hydrogen-bond donors (Lipinski definition) is 4. The highest BCUT2D eigenvalue weighted by Crippen LogP contribution is 2.33. The molecule has 7 nitrogen and oxygen atoms in total. The number of para-hydroxylation sites is 1. The van der Waals surface area contributed by atoms with Gasteiger partial charge in [-0.15, -0.1) is 0 Å². The zero-order chi connectivity index (χ0) is 26.1. The lowest BCUT2D eigenvalue weighted by molar-refractivity contribution is 0.106. The van der Waals surface area contributed by atoms with Crippen LogP contribution in [-0.4, -0.2) is 54.6 Å². The van der Waals surface area contributed by atoms with Crippen LogP contribution in [-0.2, 0) is 0 Å². The Labute approximate surface area is 187 Å². The van der Waals surface area contributed by atoms with Crippen molar-refractivity contribution in [2.45, 2.75) is 6.08 Å². The van der Waals surface area contributed by atoms with Gasteiger partial charge in [-0.2, -0.15) is 0 Å². The summed E-state index contributed by atoms with van der Waals surface area (Å²) in [5, 5.41) is 24.0. The van der Waals surface area contributed by atoms with Crippen molar-refractivity contribution in [1.82, 2.24) is 10.3 Å². The molecule has 4 rings (SSSR count). The molecule has 1 aromatic heterocycles. The molecule has 0 aliphatic rings. The Morgan fingerprint density at radius 2 is 1.87 bits per heavy atom. The van der Waals surface area contributed by atoms with E-state index in [-0.39, 0.29) is 30.4 Å². The predicted molar refractivity (Wildman–Crippen MR) is 120 cm³/mol. The molecule has 4 N–H and O–H groups in total. The Hall–Kier alpha value is -3.42. The molecule has 1 atom stereocenters. The number of rotatable bonds is 10. The third-order valence-corrected chi connectivity index (χ3v) is 4.59. The Kier molecular flexibility index (Phi) is 4.76. The Bertz CT molecular complexity index is 1380. The lowest BCUT2D eigenvalue weighted by atomic mass is 10.1. The number of phenolic OH excluding ortho intramolecular Hbond substituents is 1. The Balaban J connectivity index is 1.49. The summed E-state index contributed by atoms with van der Waals surface area (Å²) in [6, 6.07) is 16.5. The first-order valence-corrected chi connectivity index (χ1v) is 9.62. The molecule has 3 aromatic carbocycles. The minimum atomic E-state index is -3.36. The molecular formula is C24H26N2O5. The minimum absolute atomic E-state index is 0.0508. The van der Waals surface area contributed by atoms with Gasteiger partial charge >= 0.3 is 0 Å². The van der Waals surface area contributed by atoms with Crippen molar-refractivity contribution in [1.29, 1.82) is 0 Å². The minimum Gasteiger partial charge on any atom is -0.508 e. The topological polar surface area (TPSA) is 96.0 Å². The summed E-state index contributed by atoms with van der Waals surface area (Å²) in [5.41, 5.74) is 1.46. The van der Waals surface area contributed by atoms with Gasteiger partial charge in [-0.05, 0) is 30.3 Å². The van der Waals surface area contributed by atoms with Crippen LogP contribution in [0.3, 0.4) is 0 Å². The first kappa shape index (κ1) is 15.4. The van der Waals surface area contributed by atoms with Crippen LogP contribution in [0.2, 0.25) is 0 Å². The van der Waals surface area contributed by atoms with E-state index in [0.29, 0.717) is 16.7 Å². The number of fused-ring (bicyclic) bond motifs is 3. The molecule has 0 fully saturated rings. The highest BCUT2D eigenvalue weighted by atomic mass is 16.5. The number of benzene rings is 3. The summed E-state index contributed by atoms with van der Waals surface area (Å²) >= 11 is 0. The van der Waals surface area contributed by atoms with Crippen LogP contribution in [0.1, 0.15) is 6.85 Å². The van der Waals surface area contributed by atoms with Crippen LogP contribution in [0.15, 0.2) is 60.7 Å². The van der Waals surface area contributed by atoms with Crippen molar-refractivity contribution in [3.05, 3.63) is 60.7 Å². The molecule has 0 aliphatic heterocycles. The van der Waals surface area contributed by atoms with Gasteiger partial charge in [-0.1, -0.05) is 24.3 Å². The quantitative estimate of drug-likeness (QED) is 0.290. The van der Waals surface area contributed by atoms with E-state index in [1.807, 2.05) is 24.3 Å². The van der Waals surface area contributed by atoms with Gasteiger partial charge in [0.1, 0.15) is 30.7 Å². The highest BCUT2D eigenvalue weighted by molar-refractivity contribution is 6.10. The predicted octanol–water partition coefficient (Wildman–Crippen LogP) is 3.44. The summed E-state index contributed by atoms with van der Waals surface area (Å²) in [5.74, 6) is 0.566. The van der Waals surface area contributed by atoms with Crippen molar-refractivity contribution < 1.29 is 31.3 Å². The molecule has 7 heteroatoms. The Morgan fingerprint density at radius 3 is 2.74 bits per heavy atom. The molecule has 0 amide bonds. The second kappa shape index (κ2) is 9.59. The summed E-state index contributed by atoms with van der Waals surface area (Å²) < 4.78 is 57.3. The summed E-state index contributed by atoms with van der Waals surface area (Å²) in [6.07, 6.45) is -3.36. The van der Waals surface area contributed by atoms with E-state index in [1.54, 1.807) is 12.1 Å². The molecule has 1 heterocycles. The van der Waals surface area contributed by atoms with Gasteiger partial charge in [0.25, 0.3) is 0 Å². The molecule has 162 valence electrons. The maximum Gasteiger partial charge on any atom is 0.164 e. The van der Waals surface area contributed by atoms with E-state index >= 15 is 0 Å². The number of nitrogens with one attached hydrogen (secondary N) is 2. The molecule has 0 spiro atoms. The standard InChI is InChI=1S/C24H26N2O5/c1-29-21-10-9-16(27)13-23(21)30-12-11-25-14-17(28)15-31-22-8-4-7-20-24(22)18-5-2-3-6-19(18)26-20/h2-10,13,17,25-28H,11-12,14-15H2,1H3/i14D2,15D2,17D. The SMILES string of the molecule is [2H]C([2H])(NCCOc1cc(O)ccc1OC)C([2H])(O)C([2H])([2H])Oc1cccc2[nH]c3ccccc3c12. The van der Waals surface area contributed by atoms with Crippen LogP contribution in [0, 0.1) is 0 Å². The molecule has 0 bridgehead atoms. The number of methoxy groups -OCH3 is 1. The molecule has 0 radical (unpaired) electrons. The van der Waals surface area contributed by atoms with Crippen molar-refractivity contribution in [2.24, 2.45) is 0 Å². The number of aromatic amines is 1. The van der Waals surface area contributed by atoms with E-state index in [0.717, 1.165) is 10.9 Å². The third-order valence-electron chi connectivity index (χ3n) is 4.59. The van der Waals surface area contributed by atoms with Crippen LogP contribution in [0.5, 0.6) is 23.0 Å². The van der Waals surface area contributed by atoms with Gasteiger partial charge in [0.15, 0.2) is 11.5 Å². The number of ether oxygens (including phenoxy) is 3. The molecule has 0 saturated heterocycles. The smallest absolute Gasteiger partial charge is 0.164 e. The van der Waals surface area contributed by atoms with Gasteiger partial charge in [0.05, 0.1) is 16.7 Å². The second-order valence-electron chi connectivity index (χ2n) is 6.64. The first-order valence-electron chi connectivity index (χ1n) is 12.1. The zero-order valence-electron chi connectivity index (χ0n) is 21.8. The van der Waals surface area contributed by atoms with Gasteiger partial charge in [-0.25, -0.2) is 0 Å². The van der Waals surface area contributed by atoms with Crippen LogP contribution >= 0.6 is 0 Å². The maximum absolute atomic E-state index is 10.7. The fourth-order valence-electron chi connectivity index (χ4n) is 3.22. The fourth-order valence-corrected chi connectivity index (χ4v) is 3.22. The van der Waals surface area contributed by atoms with E-state index in [9.17, 15) is 10.2 Å². The number of hydrogen-bond acceptors (Lipinski definition) is 6. The number of H-pyrrole nitrogens is 1. The van der Waals surface area contributed by atoms with Gasteiger partial charge in [-0.3, -0.25) is 0 Å². The lowest BCUT2D eigenvalue weighted by Gasteiger charge is -2.15. The number of aromatic hydroxyl groups is 1. The van der Waals surface area contributed by atoms with Gasteiger partial charge in [0.2, 0.25) is 0 Å². The average molecular weight is 428 g/mol. The number of aromatic nitrogens is 1. The normalized spacial score (nSPS) is 16.5. The first-order chi connectivity index (χ1) is 17.0. The zero-order valence-corrected chi connectivity index (χ0v) is 16.8. The van der Waals surface area contributed by atoms with Crippen LogP contribution in [0.4, 0.5) is 0 Å². The maximum atomic E-state index is 10.7. The van der Waals surface area contributed by atoms with Crippen molar-refractivity contribution in [3.8, 4) is 23.0 Å². The largest absolute Gasteiger partial charge is 0.508 e. The molecule has 0 saturated carbocycles. The van der Waals surface area contributed by atoms with Gasteiger partial charge in [0, 0.05) is 38.1 Å². The van der Waals surface area contributed by atoms with E-state index in [1.165, 1.54) is 31.4 Å². The molecule has 31 heavy (non-hydrogen) atoms. The molecule has 4 aromatic rings. The number of phenols is 1. The van der Waals surface area contributed by atoms with Crippen molar-refractivity contribution >= 4 is 21.8 Å². The average Bonchev–Trinajstić information content (AvgIpc) is 3.21. The van der Waals surface area contributed by atoms with Crippen LogP contribution in [0.25, 0.3) is 21.8 Å². The van der Waals surface area contributed by atoms with Crippen LogP contribution < -0.4 is 19.5 Å². The fraction of sp³-hybridized carbons (Fsp3) is 0.250. The van der Waals surface area contributed by atoms with Crippen molar-refractivity contribution in [2.75, 3.05) is 33.3 Å². The Morgan fingerprint density at radius 1 is 1.03 bits per heavy atom. The number of aliphatic hydroxyl groups is 1. The lowest BCUT2D eigenvalue weighted by Crippen LogP contribution is -2.33. The third kappa shape index (κ3) is 4.84. The highest BCUT2D eigenvalue weighted by Gasteiger charge is 2.11. The van der Waals surface area contributed by atoms with E-state index in [2.05, 4.69) is 10.3 Å². The summed E-state index contributed by atoms with van der Waals surface area (Å²) in [4.78, 5) is 3.20. The molecule has 0 aliphatic carbocycles. The van der Waals surface area contributed by atoms with Crippen molar-refractivity contribution in [3.63, 3.8) is 0 Å². The monoisotopic (exact) mass is 427 g/mol. The molecule has 1 unspecified atom stereocenters. The summed E-state index contributed by atoms with van der Waals surface area (Å²) in [7, 11) is 1.43. The summed E-state index contributed by atoms with van der Waals surface area (Å²) in [6.45, 7) is -6.45. The van der Waals surface area contributed by atoms with E-state index in [4.69, 9.17) is 21.1 Å².